The second kappa shape index (κ2) is 89.1. The average molecular weight is 1670 g/mol. The molecule has 0 saturated heterocycles. The molecule has 16 nitrogen and oxygen atoms in total. The van der Waals surface area contributed by atoms with Crippen LogP contribution >= 0.6 is 15.6 Å². The number of carbonyl (C=O) groups excluding carboxylic acids is 3. The number of rotatable bonds is 83. The Kier molecular flexibility index (Phi) is 84.5. The molecule has 117 heavy (non-hydrogen) atoms. The number of ether oxygens (including phenoxy) is 3. The fraction of sp³-hybridized carbons (Fsp3) is 0.606. The van der Waals surface area contributed by atoms with Crippen molar-refractivity contribution >= 4 is 33.6 Å². The van der Waals surface area contributed by atoms with Gasteiger partial charge < -0.3 is 34.2 Å². The number of carbonyl (C=O) groups is 3. The van der Waals surface area contributed by atoms with Crippen molar-refractivity contribution in [1.29, 1.82) is 0 Å². The Labute approximate surface area is 711 Å². The van der Waals surface area contributed by atoms with E-state index in [1.165, 1.54) is 83.5 Å². The van der Waals surface area contributed by atoms with Crippen LogP contribution < -0.4 is 0 Å². The van der Waals surface area contributed by atoms with Crippen LogP contribution in [-0.2, 0) is 55.8 Å². The molecule has 0 rings (SSSR count). The Balaban J connectivity index is 4.67. The van der Waals surface area contributed by atoms with Crippen molar-refractivity contribution in [2.45, 2.75) is 347 Å². The first-order valence-corrected chi connectivity index (χ1v) is 48.0. The summed E-state index contributed by atoms with van der Waals surface area (Å²) < 4.78 is 61.4. The number of phosphoric ester groups is 2. The van der Waals surface area contributed by atoms with Crippen LogP contribution in [0.4, 0.5) is 0 Å². The fourth-order valence-electron chi connectivity index (χ4n) is 11.5. The minimum absolute atomic E-state index is 0.0403. The van der Waals surface area contributed by atoms with Crippen LogP contribution in [0.2, 0.25) is 0 Å². The van der Waals surface area contributed by atoms with Gasteiger partial charge in [-0.25, -0.2) is 9.13 Å². The van der Waals surface area contributed by atoms with Gasteiger partial charge in [0.15, 0.2) is 6.10 Å². The van der Waals surface area contributed by atoms with E-state index in [2.05, 4.69) is 240 Å². The van der Waals surface area contributed by atoms with Gasteiger partial charge in [-0.15, -0.1) is 0 Å². The molecule has 0 amide bonds. The van der Waals surface area contributed by atoms with E-state index in [1.807, 2.05) is 0 Å². The summed E-state index contributed by atoms with van der Waals surface area (Å²) in [5.41, 5.74) is 0. The first-order valence-electron chi connectivity index (χ1n) is 45.0. The third-order valence-electron chi connectivity index (χ3n) is 18.2. The molecule has 0 aliphatic rings. The molecule has 0 heterocycles. The average Bonchev–Trinajstić information content (AvgIpc) is 0.899. The molecule has 0 aromatic carbocycles. The van der Waals surface area contributed by atoms with Gasteiger partial charge in [0, 0.05) is 19.3 Å². The van der Waals surface area contributed by atoms with Crippen molar-refractivity contribution in [3.63, 3.8) is 0 Å². The second-order valence-corrected chi connectivity index (χ2v) is 32.2. The van der Waals surface area contributed by atoms with Gasteiger partial charge in [0.2, 0.25) is 0 Å². The summed E-state index contributed by atoms with van der Waals surface area (Å²) in [6.45, 7) is 2.28. The molecule has 0 aromatic rings. The van der Waals surface area contributed by atoms with Crippen LogP contribution in [0.3, 0.4) is 0 Å². The number of allylic oxidation sites excluding steroid dienone is 36. The van der Waals surface area contributed by atoms with Crippen molar-refractivity contribution in [1.82, 2.24) is 0 Å². The standard InChI is InChI=1S/C99H160O16P2/c1-4-7-10-13-16-19-22-25-28-31-34-37-39-41-43-45-46-48-50-51-53-56-58-61-64-67-70-73-76-79-82-85-97(102)109-88-94(100)89-111-116(105,106)112-90-95(101)91-113-117(107,108)114-93-96(115-99(104)87-84-81-78-75-72-69-66-63-60-55-36-33-30-27-24-21-18-15-12-9-6-3)92-110-98(103)86-83-80-77-74-71-68-65-62-59-57-54-52-49-47-44-42-40-38-35-32-29-26-23-20-17-14-11-8-5-2/h7-12,16-21,25-30,34-38,41-44,46,48-49,52,55,63,66,72,75,94-96,100-101H,4-6,13-15,22-24,31-33,39-40,45,47,50-51,53-54,56-62,64-65,67-71,73-74,76-93H2,1-3H3,(H,105,106)(H,107,108)/b10-7-,11-8-,12-9-,19-16-,20-17-,21-18-,28-25-,29-26-,30-27-,37-34-,38-35-,43-41-,44-42-,48-46-,52-49-,55-36-,66-63-,75-72-. The number of aliphatic hydroxyl groups excluding tert-OH is 2. The second-order valence-electron chi connectivity index (χ2n) is 29.3. The molecule has 0 aliphatic carbocycles. The van der Waals surface area contributed by atoms with Gasteiger partial charge in [0.05, 0.1) is 26.4 Å². The van der Waals surface area contributed by atoms with Gasteiger partial charge in [-0.3, -0.25) is 32.5 Å². The molecule has 662 valence electrons. The van der Waals surface area contributed by atoms with Gasteiger partial charge in [0.1, 0.15) is 25.4 Å². The lowest BCUT2D eigenvalue weighted by molar-refractivity contribution is -0.161. The summed E-state index contributed by atoms with van der Waals surface area (Å²) in [6.07, 6.45) is 121. The van der Waals surface area contributed by atoms with Gasteiger partial charge in [-0.1, -0.05) is 355 Å². The van der Waals surface area contributed by atoms with Crippen molar-refractivity contribution in [2.75, 3.05) is 39.6 Å². The van der Waals surface area contributed by atoms with Crippen molar-refractivity contribution in [2.24, 2.45) is 0 Å². The van der Waals surface area contributed by atoms with Gasteiger partial charge >= 0.3 is 33.6 Å². The quantitative estimate of drug-likeness (QED) is 0.0146. The highest BCUT2D eigenvalue weighted by atomic mass is 31.2. The van der Waals surface area contributed by atoms with E-state index >= 15 is 0 Å². The van der Waals surface area contributed by atoms with E-state index in [4.69, 9.17) is 32.3 Å². The minimum atomic E-state index is -4.96. The summed E-state index contributed by atoms with van der Waals surface area (Å²) in [6, 6.07) is 0. The highest BCUT2D eigenvalue weighted by molar-refractivity contribution is 7.47. The number of hydrogen-bond acceptors (Lipinski definition) is 14. The highest BCUT2D eigenvalue weighted by Gasteiger charge is 2.29. The molecular formula is C99H160O16P2. The molecule has 0 radical (unpaired) electrons. The van der Waals surface area contributed by atoms with Crippen LogP contribution in [0, 0.1) is 0 Å². The van der Waals surface area contributed by atoms with Crippen molar-refractivity contribution in [3.8, 4) is 0 Å². The molecule has 0 bridgehead atoms. The first kappa shape index (κ1) is 111. The summed E-state index contributed by atoms with van der Waals surface area (Å²) >= 11 is 0. The highest BCUT2D eigenvalue weighted by Crippen LogP contribution is 2.45. The third-order valence-corrected chi connectivity index (χ3v) is 20.1. The first-order chi connectivity index (χ1) is 57.2. The van der Waals surface area contributed by atoms with Gasteiger partial charge in [-0.2, -0.15) is 0 Å². The maximum atomic E-state index is 13.0. The smallest absolute Gasteiger partial charge is 0.463 e. The Morgan fingerprint density at radius 3 is 0.692 bits per heavy atom. The molecule has 0 aliphatic heterocycles. The maximum absolute atomic E-state index is 13.0. The number of aliphatic hydroxyl groups is 2. The van der Waals surface area contributed by atoms with E-state index in [9.17, 15) is 43.5 Å². The molecule has 4 N–H and O–H groups in total. The number of unbranched alkanes of at least 4 members (excludes halogenated alkanes) is 24. The number of esters is 3. The van der Waals surface area contributed by atoms with Crippen molar-refractivity contribution < 1.29 is 75.8 Å². The lowest BCUT2D eigenvalue weighted by atomic mass is 10.0. The van der Waals surface area contributed by atoms with E-state index in [-0.39, 0.29) is 19.3 Å². The van der Waals surface area contributed by atoms with Crippen molar-refractivity contribution in [3.05, 3.63) is 219 Å². The summed E-state index contributed by atoms with van der Waals surface area (Å²) in [7, 11) is -9.84. The zero-order valence-corrected chi connectivity index (χ0v) is 74.6. The molecule has 0 aromatic heterocycles. The van der Waals surface area contributed by atoms with Gasteiger partial charge in [0.25, 0.3) is 0 Å². The lowest BCUT2D eigenvalue weighted by Gasteiger charge is -2.21. The monoisotopic (exact) mass is 1670 g/mol. The van der Waals surface area contributed by atoms with Crippen LogP contribution in [-0.4, -0.2) is 95.9 Å². The maximum Gasteiger partial charge on any atom is 0.472 e. The predicted molar refractivity (Wildman–Crippen MR) is 490 cm³/mol. The Morgan fingerprint density at radius 1 is 0.239 bits per heavy atom. The predicted octanol–water partition coefficient (Wildman–Crippen LogP) is 27.8. The molecule has 5 atom stereocenters. The largest absolute Gasteiger partial charge is 0.472 e. The summed E-state index contributed by atoms with van der Waals surface area (Å²) in [5.74, 6) is -1.64. The normalized spacial score (nSPS) is 14.8. The SMILES string of the molecule is CC/C=C\C/C=C\C/C=C\C/C=C\C/C=C\C/C=C\CCCCCCCCCCCCCCC(=O)OCC(O)COP(=O)(O)OCC(O)COP(=O)(O)OCC(COC(=O)CCCCCCCCCCCC/C=C\C/C=C\C/C=C\C/C=C\C/C=C\C/C=C\CC)OC(=O)CCCC/C=C\C/C=C\C/C=C\C/C=C\C/C=C\C/C=C\CC. The summed E-state index contributed by atoms with van der Waals surface area (Å²) in [5, 5.41) is 20.7. The summed E-state index contributed by atoms with van der Waals surface area (Å²) in [4.78, 5) is 59.0. The zero-order valence-electron chi connectivity index (χ0n) is 72.8. The fourth-order valence-corrected chi connectivity index (χ4v) is 13.0. The molecular weight excluding hydrogens is 1510 g/mol. The number of phosphoric acid groups is 2. The Hall–Kier alpha value is -6.13. The van der Waals surface area contributed by atoms with E-state index in [0.717, 1.165) is 180 Å². The molecule has 0 fully saturated rings. The van der Waals surface area contributed by atoms with E-state index < -0.39 is 91.5 Å². The van der Waals surface area contributed by atoms with Crippen LogP contribution in [0.15, 0.2) is 219 Å². The van der Waals surface area contributed by atoms with Crippen LogP contribution in [0.1, 0.15) is 329 Å². The van der Waals surface area contributed by atoms with Crippen LogP contribution in [0.5, 0.6) is 0 Å². The number of hydrogen-bond donors (Lipinski definition) is 4. The Morgan fingerprint density at radius 2 is 0.427 bits per heavy atom. The molecule has 0 spiro atoms. The third kappa shape index (κ3) is 90.5. The van der Waals surface area contributed by atoms with Crippen LogP contribution in [0.25, 0.3) is 0 Å². The van der Waals surface area contributed by atoms with E-state index in [0.29, 0.717) is 25.7 Å². The Bertz CT molecular complexity index is 3010. The molecule has 18 heteroatoms. The van der Waals surface area contributed by atoms with E-state index in [1.54, 1.807) is 0 Å². The van der Waals surface area contributed by atoms with Gasteiger partial charge in [-0.05, 0) is 173 Å². The topological polar surface area (TPSA) is 231 Å². The molecule has 5 unspecified atom stereocenters. The zero-order chi connectivity index (χ0) is 85.1. The lowest BCUT2D eigenvalue weighted by Crippen LogP contribution is -2.30. The minimum Gasteiger partial charge on any atom is -0.463 e. The molecule has 0 saturated carbocycles.